The number of likely N-dealkylation sites (N-methyl/N-ethyl adjacent to an activating group) is 1. The van der Waals surface area contributed by atoms with Gasteiger partial charge >= 0.3 is 0 Å². The Balaban J connectivity index is 1.51. The second-order valence-corrected chi connectivity index (χ2v) is 6.48. The van der Waals surface area contributed by atoms with E-state index in [-0.39, 0.29) is 0 Å². The van der Waals surface area contributed by atoms with Gasteiger partial charge in [-0.2, -0.15) is 5.26 Å². The predicted molar refractivity (Wildman–Crippen MR) is 92.2 cm³/mol. The lowest BCUT2D eigenvalue weighted by Crippen LogP contribution is -2.34. The van der Waals surface area contributed by atoms with Crippen LogP contribution in [0, 0.1) is 11.3 Å². The molecule has 3 rings (SSSR count). The fraction of sp³-hybridized carbons (Fsp3) is 0.474. The fourth-order valence-corrected chi connectivity index (χ4v) is 3.19. The van der Waals surface area contributed by atoms with Gasteiger partial charge in [0, 0.05) is 32.1 Å². The smallest absolute Gasteiger partial charge is 0.208 e. The monoisotopic (exact) mass is 324 g/mol. The summed E-state index contributed by atoms with van der Waals surface area (Å²) in [6, 6.07) is 10.6. The molecule has 1 atom stereocenters. The van der Waals surface area contributed by atoms with E-state index in [9.17, 15) is 0 Å². The summed E-state index contributed by atoms with van der Waals surface area (Å²) in [5, 5.41) is 8.87. The van der Waals surface area contributed by atoms with E-state index in [0.29, 0.717) is 6.04 Å². The number of nitriles is 1. The van der Waals surface area contributed by atoms with Crippen LogP contribution >= 0.6 is 0 Å². The average molecular weight is 324 g/mol. The molecule has 1 aliphatic rings. The Morgan fingerprint density at radius 3 is 2.83 bits per heavy atom. The Hall–Kier alpha value is -2.16. The van der Waals surface area contributed by atoms with Gasteiger partial charge in [0.15, 0.2) is 0 Å². The first-order valence-corrected chi connectivity index (χ1v) is 8.53. The van der Waals surface area contributed by atoms with E-state index in [1.807, 2.05) is 18.3 Å². The lowest BCUT2D eigenvalue weighted by Gasteiger charge is -2.23. The molecule has 0 saturated carbocycles. The van der Waals surface area contributed by atoms with Crippen molar-refractivity contribution in [2.24, 2.45) is 0 Å². The molecule has 0 N–H and O–H groups in total. The molecule has 5 nitrogen and oxygen atoms in total. The molecule has 1 fully saturated rings. The van der Waals surface area contributed by atoms with E-state index in [1.165, 1.54) is 5.56 Å². The summed E-state index contributed by atoms with van der Waals surface area (Å²) in [4.78, 5) is 9.16. The van der Waals surface area contributed by atoms with E-state index < -0.39 is 0 Å². The van der Waals surface area contributed by atoms with Crippen LogP contribution < -0.4 is 0 Å². The summed E-state index contributed by atoms with van der Waals surface area (Å²) in [7, 11) is 2.14. The lowest BCUT2D eigenvalue weighted by molar-refractivity contribution is 0.204. The maximum absolute atomic E-state index is 8.87. The van der Waals surface area contributed by atoms with Crippen molar-refractivity contribution in [2.75, 3.05) is 20.1 Å². The number of aryl methyl sites for hydroxylation is 1. The predicted octanol–water partition coefficient (Wildman–Crippen LogP) is 2.81. The van der Waals surface area contributed by atoms with Crippen LogP contribution in [0.15, 0.2) is 34.9 Å². The van der Waals surface area contributed by atoms with Crippen molar-refractivity contribution in [1.29, 1.82) is 5.26 Å². The second-order valence-electron chi connectivity index (χ2n) is 6.48. The van der Waals surface area contributed by atoms with Gasteiger partial charge in [0.05, 0.1) is 24.4 Å². The minimum atomic E-state index is 0.528. The molecule has 126 valence electrons. The maximum Gasteiger partial charge on any atom is 0.208 e. The summed E-state index contributed by atoms with van der Waals surface area (Å²) in [5.74, 6) is 1.76. The molecule has 24 heavy (non-hydrogen) atoms. The van der Waals surface area contributed by atoms with Gasteiger partial charge in [-0.1, -0.05) is 19.1 Å². The Kier molecular flexibility index (Phi) is 5.29. The van der Waals surface area contributed by atoms with Gasteiger partial charge in [0.1, 0.15) is 5.76 Å². The summed E-state index contributed by atoms with van der Waals surface area (Å²) in [5.41, 5.74) is 1.98. The first-order valence-electron chi connectivity index (χ1n) is 8.53. The van der Waals surface area contributed by atoms with Crippen LogP contribution in [-0.4, -0.2) is 41.0 Å². The van der Waals surface area contributed by atoms with Gasteiger partial charge in [-0.05, 0) is 31.2 Å². The first kappa shape index (κ1) is 16.7. The van der Waals surface area contributed by atoms with E-state index in [1.54, 1.807) is 0 Å². The zero-order valence-corrected chi connectivity index (χ0v) is 14.4. The highest BCUT2D eigenvalue weighted by atomic mass is 16.4. The molecule has 0 aliphatic carbocycles. The summed E-state index contributed by atoms with van der Waals surface area (Å²) in [6.07, 6.45) is 3.88. The van der Waals surface area contributed by atoms with Gasteiger partial charge in [0.25, 0.3) is 0 Å². The minimum absolute atomic E-state index is 0.528. The van der Waals surface area contributed by atoms with Crippen LogP contribution in [0.3, 0.4) is 0 Å². The second kappa shape index (κ2) is 7.61. The molecular formula is C19H24N4O. The number of rotatable bonds is 6. The lowest BCUT2D eigenvalue weighted by atomic mass is 10.1. The maximum atomic E-state index is 8.87. The molecule has 1 aliphatic heterocycles. The summed E-state index contributed by atoms with van der Waals surface area (Å²) in [6.45, 7) is 5.93. The van der Waals surface area contributed by atoms with Crippen molar-refractivity contribution < 1.29 is 4.42 Å². The molecule has 1 saturated heterocycles. The van der Waals surface area contributed by atoms with Crippen LogP contribution in [0.25, 0.3) is 0 Å². The number of oxazole rings is 1. The molecule has 0 bridgehead atoms. The van der Waals surface area contributed by atoms with Crippen molar-refractivity contribution in [1.82, 2.24) is 14.8 Å². The zero-order valence-electron chi connectivity index (χ0n) is 14.4. The molecule has 2 aromatic rings. The molecule has 0 spiro atoms. The Morgan fingerprint density at radius 1 is 1.38 bits per heavy atom. The quantitative estimate of drug-likeness (QED) is 0.818. The molecule has 1 aromatic heterocycles. The van der Waals surface area contributed by atoms with Crippen LogP contribution in [0.1, 0.15) is 36.1 Å². The first-order chi connectivity index (χ1) is 11.7. The highest BCUT2D eigenvalue weighted by molar-refractivity contribution is 5.31. The number of aromatic nitrogens is 1. The van der Waals surface area contributed by atoms with Gasteiger partial charge in [-0.3, -0.25) is 9.80 Å². The third kappa shape index (κ3) is 4.02. The molecule has 0 radical (unpaired) electrons. The third-order valence-corrected chi connectivity index (χ3v) is 4.69. The van der Waals surface area contributed by atoms with Gasteiger partial charge in [0.2, 0.25) is 5.89 Å². The molecule has 0 unspecified atom stereocenters. The van der Waals surface area contributed by atoms with Gasteiger partial charge in [-0.15, -0.1) is 0 Å². The van der Waals surface area contributed by atoms with Crippen molar-refractivity contribution >= 4 is 0 Å². The normalized spacial score (nSPS) is 18.2. The van der Waals surface area contributed by atoms with E-state index in [4.69, 9.17) is 9.68 Å². The Labute approximate surface area is 143 Å². The van der Waals surface area contributed by atoms with Crippen molar-refractivity contribution in [3.05, 3.63) is 53.2 Å². The van der Waals surface area contributed by atoms with E-state index in [2.05, 4.69) is 47.0 Å². The summed E-state index contributed by atoms with van der Waals surface area (Å²) >= 11 is 0. The SMILES string of the molecule is CCc1cnc(CN(C)[C@H]2CCN(Cc3ccc(C#N)cc3)C2)o1. The van der Waals surface area contributed by atoms with Crippen molar-refractivity contribution in [2.45, 2.75) is 38.9 Å². The Bertz CT molecular complexity index is 701. The van der Waals surface area contributed by atoms with Crippen LogP contribution in [-0.2, 0) is 19.5 Å². The number of hydrogen-bond donors (Lipinski definition) is 0. The standard InChI is InChI=1S/C19H24N4O/c1-3-18-11-21-19(24-18)14-22(2)17-8-9-23(13-17)12-16-6-4-15(10-20)5-7-16/h4-7,11,17H,3,8-9,12-14H2,1-2H3/t17-/m0/s1. The highest BCUT2D eigenvalue weighted by Gasteiger charge is 2.26. The zero-order chi connectivity index (χ0) is 16.9. The largest absolute Gasteiger partial charge is 0.444 e. The van der Waals surface area contributed by atoms with Crippen LogP contribution in [0.2, 0.25) is 0 Å². The van der Waals surface area contributed by atoms with Crippen molar-refractivity contribution in [3.63, 3.8) is 0 Å². The minimum Gasteiger partial charge on any atom is -0.444 e. The average Bonchev–Trinajstić information content (AvgIpc) is 3.25. The number of benzene rings is 1. The van der Waals surface area contributed by atoms with E-state index >= 15 is 0 Å². The Morgan fingerprint density at radius 2 is 2.17 bits per heavy atom. The van der Waals surface area contributed by atoms with Crippen molar-refractivity contribution in [3.8, 4) is 6.07 Å². The molecule has 5 heteroatoms. The molecule has 1 aromatic carbocycles. The third-order valence-electron chi connectivity index (χ3n) is 4.69. The van der Waals surface area contributed by atoms with Crippen LogP contribution in [0.4, 0.5) is 0 Å². The number of hydrogen-bond acceptors (Lipinski definition) is 5. The molecular weight excluding hydrogens is 300 g/mol. The topological polar surface area (TPSA) is 56.3 Å². The van der Waals surface area contributed by atoms with Gasteiger partial charge < -0.3 is 4.42 Å². The fourth-order valence-electron chi connectivity index (χ4n) is 3.19. The van der Waals surface area contributed by atoms with E-state index in [0.717, 1.165) is 56.2 Å². The summed E-state index contributed by atoms with van der Waals surface area (Å²) < 4.78 is 5.71. The number of nitrogens with zero attached hydrogens (tertiary/aromatic N) is 4. The van der Waals surface area contributed by atoms with Crippen LogP contribution in [0.5, 0.6) is 0 Å². The number of likely N-dealkylation sites (tertiary alicyclic amines) is 1. The molecule has 0 amide bonds. The molecule has 2 heterocycles. The highest BCUT2D eigenvalue weighted by Crippen LogP contribution is 2.19. The van der Waals surface area contributed by atoms with Gasteiger partial charge in [-0.25, -0.2) is 4.98 Å².